The van der Waals surface area contributed by atoms with Gasteiger partial charge in [-0.2, -0.15) is 0 Å². The second-order valence-electron chi connectivity index (χ2n) is 9.53. The standard InChI is InChI=1S/C28H35NO6S/c1-18(8-6-7-15-29-28(33)34)24-17-23(30)25(27(32)35-24)26(31)19(2)16-22-14-13-21(36-22)12-11-20-9-4-3-5-10-20/h7,13-18,20,29-30H,3-6,8-12H2,1-2H3,(H,33,34)/b15-7+,19-16+. The largest absolute Gasteiger partial charge is 0.507 e. The van der Waals surface area contributed by atoms with Gasteiger partial charge in [0.05, 0.1) is 0 Å². The summed E-state index contributed by atoms with van der Waals surface area (Å²) in [4.78, 5) is 38.2. The highest BCUT2D eigenvalue weighted by atomic mass is 32.1. The smallest absolute Gasteiger partial charge is 0.408 e. The fourth-order valence-electron chi connectivity index (χ4n) is 4.56. The summed E-state index contributed by atoms with van der Waals surface area (Å²) in [5.74, 6) is -0.0665. The predicted molar refractivity (Wildman–Crippen MR) is 142 cm³/mol. The monoisotopic (exact) mass is 513 g/mol. The summed E-state index contributed by atoms with van der Waals surface area (Å²) in [6.45, 7) is 3.46. The molecule has 8 heteroatoms. The van der Waals surface area contributed by atoms with Crippen LogP contribution in [0.1, 0.15) is 97.0 Å². The number of rotatable bonds is 11. The van der Waals surface area contributed by atoms with Crippen LogP contribution in [0.5, 0.6) is 5.75 Å². The molecule has 0 saturated heterocycles. The highest BCUT2D eigenvalue weighted by Gasteiger charge is 2.22. The number of hydrogen-bond donors (Lipinski definition) is 3. The molecule has 2 heterocycles. The van der Waals surface area contributed by atoms with Gasteiger partial charge in [0, 0.05) is 27.9 Å². The second-order valence-corrected chi connectivity index (χ2v) is 10.7. The summed E-state index contributed by atoms with van der Waals surface area (Å²) in [6, 6.07) is 5.41. The summed E-state index contributed by atoms with van der Waals surface area (Å²) in [5.41, 5.74) is -0.869. The van der Waals surface area contributed by atoms with E-state index in [1.807, 2.05) is 13.0 Å². The third-order valence-electron chi connectivity index (χ3n) is 6.68. The summed E-state index contributed by atoms with van der Waals surface area (Å²) in [7, 11) is 0. The molecule has 1 aliphatic rings. The number of carbonyl (C=O) groups excluding carboxylic acids is 1. The van der Waals surface area contributed by atoms with Crippen molar-refractivity contribution in [3.8, 4) is 5.75 Å². The Morgan fingerprint density at radius 3 is 2.69 bits per heavy atom. The van der Waals surface area contributed by atoms with Crippen molar-refractivity contribution in [2.75, 3.05) is 0 Å². The molecule has 1 unspecified atom stereocenters. The molecule has 1 aliphatic carbocycles. The molecule has 0 aliphatic heterocycles. The quantitative estimate of drug-likeness (QED) is 0.223. The van der Waals surface area contributed by atoms with Crippen molar-refractivity contribution < 1.29 is 24.2 Å². The molecule has 1 saturated carbocycles. The minimum Gasteiger partial charge on any atom is -0.507 e. The lowest BCUT2D eigenvalue weighted by Crippen LogP contribution is -2.16. The van der Waals surface area contributed by atoms with E-state index in [0.29, 0.717) is 18.4 Å². The number of thiophene rings is 1. The summed E-state index contributed by atoms with van der Waals surface area (Å²) in [5, 5.41) is 21.2. The molecule has 1 atom stereocenters. The van der Waals surface area contributed by atoms with E-state index in [1.165, 1.54) is 55.7 Å². The van der Waals surface area contributed by atoms with E-state index >= 15 is 0 Å². The van der Waals surface area contributed by atoms with E-state index in [2.05, 4.69) is 11.4 Å². The van der Waals surface area contributed by atoms with Crippen LogP contribution in [0.3, 0.4) is 0 Å². The van der Waals surface area contributed by atoms with Gasteiger partial charge < -0.3 is 14.6 Å². The van der Waals surface area contributed by atoms with Crippen molar-refractivity contribution >= 4 is 29.3 Å². The van der Waals surface area contributed by atoms with Gasteiger partial charge in [0.15, 0.2) is 5.78 Å². The second kappa shape index (κ2) is 13.3. The molecule has 194 valence electrons. The minimum absolute atomic E-state index is 0.211. The molecule has 3 rings (SSSR count). The van der Waals surface area contributed by atoms with Gasteiger partial charge >= 0.3 is 11.7 Å². The first-order chi connectivity index (χ1) is 17.2. The Morgan fingerprint density at radius 1 is 1.25 bits per heavy atom. The van der Waals surface area contributed by atoms with Gasteiger partial charge in [-0.25, -0.2) is 9.59 Å². The highest BCUT2D eigenvalue weighted by molar-refractivity contribution is 7.12. The van der Waals surface area contributed by atoms with Crippen LogP contribution in [-0.2, 0) is 6.42 Å². The number of carboxylic acid groups (broad SMARTS) is 1. The number of amides is 1. The van der Waals surface area contributed by atoms with Crippen molar-refractivity contribution in [2.45, 2.75) is 77.6 Å². The summed E-state index contributed by atoms with van der Waals surface area (Å²) >= 11 is 1.65. The Morgan fingerprint density at radius 2 is 2.00 bits per heavy atom. The number of carbonyl (C=O) groups is 2. The Hall–Kier alpha value is -3.13. The highest BCUT2D eigenvalue weighted by Crippen LogP contribution is 2.30. The Balaban J connectivity index is 1.62. The first-order valence-corrected chi connectivity index (χ1v) is 13.4. The van der Waals surface area contributed by atoms with Crippen LogP contribution in [0.25, 0.3) is 6.08 Å². The SMILES string of the molecule is C/C(=C\c1ccc(CCC2CCCCC2)s1)C(=O)c1c(O)cc(C(C)CC/C=C/NC(=O)O)oc1=O. The molecule has 0 radical (unpaired) electrons. The van der Waals surface area contributed by atoms with Crippen molar-refractivity contribution in [1.82, 2.24) is 5.32 Å². The number of nitrogens with one attached hydrogen (secondary N) is 1. The lowest BCUT2D eigenvalue weighted by atomic mass is 9.86. The third-order valence-corrected chi connectivity index (χ3v) is 7.77. The van der Waals surface area contributed by atoms with Crippen molar-refractivity contribution in [1.29, 1.82) is 0 Å². The van der Waals surface area contributed by atoms with E-state index in [9.17, 15) is 19.5 Å². The van der Waals surface area contributed by atoms with Crippen molar-refractivity contribution in [2.24, 2.45) is 5.92 Å². The maximum Gasteiger partial charge on any atom is 0.408 e. The lowest BCUT2D eigenvalue weighted by molar-refractivity contribution is 0.102. The normalized spacial score (nSPS) is 15.8. The van der Waals surface area contributed by atoms with Gasteiger partial charge in [0.25, 0.3) is 0 Å². The Bertz CT molecular complexity index is 1170. The van der Waals surface area contributed by atoms with Gasteiger partial charge in [-0.15, -0.1) is 11.3 Å². The van der Waals surface area contributed by atoms with E-state index < -0.39 is 23.3 Å². The molecule has 2 aromatic rings. The van der Waals surface area contributed by atoms with Crippen molar-refractivity contribution in [3.05, 3.63) is 67.5 Å². The first kappa shape index (κ1) is 27.5. The zero-order chi connectivity index (χ0) is 26.1. The summed E-state index contributed by atoms with van der Waals surface area (Å²) < 4.78 is 5.37. The maximum atomic E-state index is 13.0. The van der Waals surface area contributed by atoms with Crippen LogP contribution in [0.15, 0.2) is 45.3 Å². The average molecular weight is 514 g/mol. The third kappa shape index (κ3) is 7.95. The Kier molecular flexibility index (Phi) is 10.1. The number of Topliss-reactive ketones (excluding diaryl/α,β-unsaturated/α-hetero) is 1. The molecular formula is C28H35NO6S. The van der Waals surface area contributed by atoms with Gasteiger partial charge in [-0.3, -0.25) is 10.1 Å². The molecule has 36 heavy (non-hydrogen) atoms. The number of aromatic hydroxyl groups is 1. The molecule has 3 N–H and O–H groups in total. The topological polar surface area (TPSA) is 117 Å². The predicted octanol–water partition coefficient (Wildman–Crippen LogP) is 6.87. The first-order valence-electron chi connectivity index (χ1n) is 12.6. The van der Waals surface area contributed by atoms with Crippen molar-refractivity contribution in [3.63, 3.8) is 0 Å². The fraction of sp³-hybridized carbons (Fsp3) is 0.464. The van der Waals surface area contributed by atoms with Crippen LogP contribution in [0, 0.1) is 5.92 Å². The fourth-order valence-corrected chi connectivity index (χ4v) is 5.59. The van der Waals surface area contributed by atoms with E-state index in [1.54, 1.807) is 30.4 Å². The zero-order valence-electron chi connectivity index (χ0n) is 20.9. The zero-order valence-corrected chi connectivity index (χ0v) is 21.7. The van der Waals surface area contributed by atoms with Crippen LogP contribution >= 0.6 is 11.3 Å². The molecule has 1 fully saturated rings. The number of ketones is 1. The molecule has 0 aromatic carbocycles. The molecule has 0 spiro atoms. The number of aryl methyl sites for hydroxylation is 1. The van der Waals surface area contributed by atoms with Crippen LogP contribution in [0.4, 0.5) is 4.79 Å². The molecule has 2 aromatic heterocycles. The Labute approximate surface area is 215 Å². The van der Waals surface area contributed by atoms with Crippen LogP contribution < -0.4 is 10.9 Å². The number of allylic oxidation sites excluding steroid dienone is 2. The van der Waals surface area contributed by atoms with E-state index in [4.69, 9.17) is 9.52 Å². The van der Waals surface area contributed by atoms with E-state index in [0.717, 1.165) is 17.2 Å². The number of hydrogen-bond acceptors (Lipinski definition) is 6. The van der Waals surface area contributed by atoms with Gasteiger partial charge in [-0.1, -0.05) is 45.1 Å². The summed E-state index contributed by atoms with van der Waals surface area (Å²) in [6.07, 6.45) is 13.6. The lowest BCUT2D eigenvalue weighted by Gasteiger charge is -2.20. The molecule has 0 bridgehead atoms. The molecule has 7 nitrogen and oxygen atoms in total. The van der Waals surface area contributed by atoms with E-state index in [-0.39, 0.29) is 17.2 Å². The van der Waals surface area contributed by atoms with Crippen LogP contribution in [-0.4, -0.2) is 22.1 Å². The van der Waals surface area contributed by atoms with Gasteiger partial charge in [0.2, 0.25) is 0 Å². The molecule has 1 amide bonds. The van der Waals surface area contributed by atoms with Crippen LogP contribution in [0.2, 0.25) is 0 Å². The maximum absolute atomic E-state index is 13.0. The van der Waals surface area contributed by atoms with Gasteiger partial charge in [-0.05, 0) is 62.3 Å². The minimum atomic E-state index is -1.14. The van der Waals surface area contributed by atoms with Gasteiger partial charge in [0.1, 0.15) is 17.1 Å². The molecular weight excluding hydrogens is 478 g/mol. The average Bonchev–Trinajstić information content (AvgIpc) is 3.29.